The summed E-state index contributed by atoms with van der Waals surface area (Å²) < 4.78 is 10.7. The van der Waals surface area contributed by atoms with Crippen LogP contribution in [-0.4, -0.2) is 51.8 Å². The minimum Gasteiger partial charge on any atom is -0.497 e. The van der Waals surface area contributed by atoms with E-state index in [2.05, 4.69) is 28.8 Å². The fourth-order valence-electron chi connectivity index (χ4n) is 2.28. The standard InChI is InChI=1S/C18H31N3O2S/c1-5-19-18(20-11-6-7-13-24-4)21-12-10-15-14-16(22-2)8-9-17(15)23-3/h8-9,14H,5-7,10-13H2,1-4H3,(H2,19,20,21). The summed E-state index contributed by atoms with van der Waals surface area (Å²) in [6.07, 6.45) is 5.32. The first-order valence-corrected chi connectivity index (χ1v) is 9.86. The molecule has 0 amide bonds. The van der Waals surface area contributed by atoms with Crippen molar-refractivity contribution < 1.29 is 9.47 Å². The van der Waals surface area contributed by atoms with E-state index in [1.807, 2.05) is 30.0 Å². The van der Waals surface area contributed by atoms with Crippen LogP contribution in [0, 0.1) is 0 Å². The Hall–Kier alpha value is -1.56. The number of nitrogens with zero attached hydrogens (tertiary/aromatic N) is 1. The SMILES string of the molecule is CCNC(=NCCCCSC)NCCc1cc(OC)ccc1OC. The maximum atomic E-state index is 5.42. The van der Waals surface area contributed by atoms with Gasteiger partial charge in [-0.1, -0.05) is 0 Å². The number of ether oxygens (including phenoxy) is 2. The van der Waals surface area contributed by atoms with Gasteiger partial charge in [-0.3, -0.25) is 4.99 Å². The molecule has 0 saturated carbocycles. The van der Waals surface area contributed by atoms with Gasteiger partial charge in [0.1, 0.15) is 11.5 Å². The maximum Gasteiger partial charge on any atom is 0.191 e. The first kappa shape index (κ1) is 20.5. The summed E-state index contributed by atoms with van der Waals surface area (Å²) in [5, 5.41) is 6.67. The number of aliphatic imine (C=N–C) groups is 1. The first-order chi connectivity index (χ1) is 11.7. The molecular weight excluding hydrogens is 322 g/mol. The number of unbranched alkanes of at least 4 members (excludes halogenated alkanes) is 1. The average Bonchev–Trinajstić information content (AvgIpc) is 2.61. The second kappa shape index (κ2) is 12.8. The predicted octanol–water partition coefficient (Wildman–Crippen LogP) is 2.94. The molecule has 0 atom stereocenters. The van der Waals surface area contributed by atoms with E-state index in [-0.39, 0.29) is 0 Å². The highest BCUT2D eigenvalue weighted by Crippen LogP contribution is 2.24. The Morgan fingerprint density at radius 3 is 2.67 bits per heavy atom. The second-order valence-corrected chi connectivity index (χ2v) is 6.30. The molecule has 0 aliphatic rings. The zero-order valence-corrected chi connectivity index (χ0v) is 16.2. The van der Waals surface area contributed by atoms with Gasteiger partial charge in [0, 0.05) is 19.6 Å². The van der Waals surface area contributed by atoms with Crippen LogP contribution >= 0.6 is 11.8 Å². The highest BCUT2D eigenvalue weighted by molar-refractivity contribution is 7.98. The van der Waals surface area contributed by atoms with E-state index in [1.165, 1.54) is 12.2 Å². The number of thioether (sulfide) groups is 1. The predicted molar refractivity (Wildman–Crippen MR) is 105 cm³/mol. The maximum absolute atomic E-state index is 5.42. The zero-order valence-electron chi connectivity index (χ0n) is 15.4. The highest BCUT2D eigenvalue weighted by atomic mass is 32.2. The number of benzene rings is 1. The Balaban J connectivity index is 2.50. The number of hydrogen-bond donors (Lipinski definition) is 2. The second-order valence-electron chi connectivity index (χ2n) is 5.32. The van der Waals surface area contributed by atoms with E-state index in [9.17, 15) is 0 Å². The molecule has 0 fully saturated rings. The molecule has 0 spiro atoms. The van der Waals surface area contributed by atoms with Crippen LogP contribution in [-0.2, 0) is 6.42 Å². The van der Waals surface area contributed by atoms with E-state index in [4.69, 9.17) is 9.47 Å². The van der Waals surface area contributed by atoms with Gasteiger partial charge in [-0.05, 0) is 62.0 Å². The van der Waals surface area contributed by atoms with Crippen molar-refractivity contribution in [3.05, 3.63) is 23.8 Å². The van der Waals surface area contributed by atoms with E-state index >= 15 is 0 Å². The molecule has 0 unspecified atom stereocenters. The molecule has 1 aromatic carbocycles. The quantitative estimate of drug-likeness (QED) is 0.364. The minimum absolute atomic E-state index is 0.792. The summed E-state index contributed by atoms with van der Waals surface area (Å²) in [5.41, 5.74) is 1.13. The van der Waals surface area contributed by atoms with Gasteiger partial charge in [0.25, 0.3) is 0 Å². The molecule has 1 rings (SSSR count). The summed E-state index contributed by atoms with van der Waals surface area (Å²) in [7, 11) is 3.37. The molecular formula is C18H31N3O2S. The third kappa shape index (κ3) is 7.81. The molecule has 0 bridgehead atoms. The molecule has 0 saturated heterocycles. The van der Waals surface area contributed by atoms with Crippen LogP contribution in [0.5, 0.6) is 11.5 Å². The number of hydrogen-bond acceptors (Lipinski definition) is 4. The fourth-order valence-corrected chi connectivity index (χ4v) is 2.78. The lowest BCUT2D eigenvalue weighted by Crippen LogP contribution is -2.38. The van der Waals surface area contributed by atoms with Gasteiger partial charge in [0.05, 0.1) is 14.2 Å². The Kier molecular flexibility index (Phi) is 10.9. The lowest BCUT2D eigenvalue weighted by atomic mass is 10.1. The van der Waals surface area contributed by atoms with Crippen LogP contribution in [0.4, 0.5) is 0 Å². The van der Waals surface area contributed by atoms with Crippen LogP contribution in [0.1, 0.15) is 25.3 Å². The summed E-state index contributed by atoms with van der Waals surface area (Å²) >= 11 is 1.89. The Morgan fingerprint density at radius 2 is 2.00 bits per heavy atom. The normalized spacial score (nSPS) is 11.2. The van der Waals surface area contributed by atoms with Gasteiger partial charge >= 0.3 is 0 Å². The van der Waals surface area contributed by atoms with Crippen LogP contribution in [0.15, 0.2) is 23.2 Å². The molecule has 0 aliphatic carbocycles. The van der Waals surface area contributed by atoms with Gasteiger partial charge in [-0.15, -0.1) is 0 Å². The molecule has 136 valence electrons. The van der Waals surface area contributed by atoms with Gasteiger partial charge in [0.2, 0.25) is 0 Å². The van der Waals surface area contributed by atoms with Crippen molar-refractivity contribution in [2.24, 2.45) is 4.99 Å². The Labute approximate surface area is 150 Å². The fraction of sp³-hybridized carbons (Fsp3) is 0.611. The van der Waals surface area contributed by atoms with Crippen molar-refractivity contribution in [2.45, 2.75) is 26.2 Å². The minimum atomic E-state index is 0.792. The van der Waals surface area contributed by atoms with E-state index in [0.717, 1.165) is 55.5 Å². The highest BCUT2D eigenvalue weighted by Gasteiger charge is 2.05. The first-order valence-electron chi connectivity index (χ1n) is 8.47. The van der Waals surface area contributed by atoms with E-state index < -0.39 is 0 Å². The third-order valence-electron chi connectivity index (χ3n) is 3.55. The number of methoxy groups -OCH3 is 2. The largest absolute Gasteiger partial charge is 0.497 e. The zero-order chi connectivity index (χ0) is 17.6. The lowest BCUT2D eigenvalue weighted by Gasteiger charge is -2.13. The monoisotopic (exact) mass is 353 g/mol. The smallest absolute Gasteiger partial charge is 0.191 e. The molecule has 5 nitrogen and oxygen atoms in total. The van der Waals surface area contributed by atoms with Gasteiger partial charge in [-0.2, -0.15) is 11.8 Å². The van der Waals surface area contributed by atoms with E-state index in [1.54, 1.807) is 14.2 Å². The van der Waals surface area contributed by atoms with Crippen LogP contribution in [0.2, 0.25) is 0 Å². The lowest BCUT2D eigenvalue weighted by molar-refractivity contribution is 0.398. The molecule has 2 N–H and O–H groups in total. The molecule has 0 heterocycles. The topological polar surface area (TPSA) is 54.9 Å². The molecule has 6 heteroatoms. The Bertz CT molecular complexity index is 495. The van der Waals surface area contributed by atoms with Crippen molar-refractivity contribution in [1.29, 1.82) is 0 Å². The van der Waals surface area contributed by atoms with Crippen molar-refractivity contribution in [1.82, 2.24) is 10.6 Å². The summed E-state index contributed by atoms with van der Waals surface area (Å²) in [5.74, 6) is 3.81. The van der Waals surface area contributed by atoms with Crippen LogP contribution < -0.4 is 20.1 Å². The molecule has 0 radical (unpaired) electrons. The molecule has 0 aromatic heterocycles. The van der Waals surface area contributed by atoms with Crippen molar-refractivity contribution in [3.8, 4) is 11.5 Å². The van der Waals surface area contributed by atoms with E-state index in [0.29, 0.717) is 0 Å². The van der Waals surface area contributed by atoms with Crippen molar-refractivity contribution in [3.63, 3.8) is 0 Å². The van der Waals surface area contributed by atoms with Crippen LogP contribution in [0.25, 0.3) is 0 Å². The van der Waals surface area contributed by atoms with Gasteiger partial charge < -0.3 is 20.1 Å². The molecule has 0 aliphatic heterocycles. The summed E-state index contributed by atoms with van der Waals surface area (Å²) in [6.45, 7) is 4.59. The molecule has 1 aromatic rings. The van der Waals surface area contributed by atoms with Gasteiger partial charge in [0.15, 0.2) is 5.96 Å². The summed E-state index contributed by atoms with van der Waals surface area (Å²) in [4.78, 5) is 4.62. The third-order valence-corrected chi connectivity index (χ3v) is 4.24. The number of rotatable bonds is 11. The number of guanidine groups is 1. The van der Waals surface area contributed by atoms with Crippen molar-refractivity contribution in [2.75, 3.05) is 45.9 Å². The van der Waals surface area contributed by atoms with Crippen molar-refractivity contribution >= 4 is 17.7 Å². The molecule has 24 heavy (non-hydrogen) atoms. The average molecular weight is 354 g/mol. The summed E-state index contributed by atoms with van der Waals surface area (Å²) in [6, 6.07) is 5.88. The number of nitrogens with one attached hydrogen (secondary N) is 2. The van der Waals surface area contributed by atoms with Gasteiger partial charge in [-0.25, -0.2) is 0 Å². The Morgan fingerprint density at radius 1 is 1.17 bits per heavy atom. The van der Waals surface area contributed by atoms with Crippen LogP contribution in [0.3, 0.4) is 0 Å².